The zero-order chi connectivity index (χ0) is 29.1. The molecule has 0 atom stereocenters. The number of nitrogens with two attached hydrogens (primary N) is 1. The summed E-state index contributed by atoms with van der Waals surface area (Å²) in [5.41, 5.74) is 7.23. The molecule has 0 unspecified atom stereocenters. The monoisotopic (exact) mass is 559 g/mol. The summed E-state index contributed by atoms with van der Waals surface area (Å²) >= 11 is 0. The number of hydrogen-bond acceptors (Lipinski definition) is 6. The van der Waals surface area contributed by atoms with Crippen molar-refractivity contribution < 1.29 is 26.4 Å². The molecule has 3 rings (SSSR count). The van der Waals surface area contributed by atoms with Gasteiger partial charge in [0.2, 0.25) is 5.91 Å². The maximum Gasteiger partial charge on any atom is 0.248 e. The van der Waals surface area contributed by atoms with Crippen LogP contribution in [-0.4, -0.2) is 40.0 Å². The smallest absolute Gasteiger partial charge is 0.248 e. The van der Waals surface area contributed by atoms with Gasteiger partial charge in [0.1, 0.15) is 0 Å². The van der Waals surface area contributed by atoms with E-state index in [-0.39, 0.29) is 20.9 Å². The highest BCUT2D eigenvalue weighted by Gasteiger charge is 2.32. The number of carbonyl (C=O) groups excluding carboxylic acids is 2. The predicted molar refractivity (Wildman–Crippen MR) is 152 cm³/mol. The quantitative estimate of drug-likeness (QED) is 0.359. The topological polar surface area (TPSA) is 128 Å². The summed E-state index contributed by atoms with van der Waals surface area (Å²) in [6, 6.07) is 17.6. The third-order valence-corrected chi connectivity index (χ3v) is 9.09. The minimum absolute atomic E-state index is 0.00714. The molecule has 1 amide bonds. The van der Waals surface area contributed by atoms with Crippen molar-refractivity contribution in [1.82, 2.24) is 0 Å². The fourth-order valence-corrected chi connectivity index (χ4v) is 6.68. The molecule has 7 nitrogen and oxygen atoms in total. The Bertz CT molecular complexity index is 1330. The van der Waals surface area contributed by atoms with Crippen LogP contribution in [0.15, 0.2) is 82.6 Å². The van der Waals surface area contributed by atoms with Gasteiger partial charge >= 0.3 is 0 Å². The minimum Gasteiger partial charge on any atom is -0.366 e. The third kappa shape index (κ3) is 8.92. The molecule has 0 fully saturated rings. The largest absolute Gasteiger partial charge is 0.366 e. The molecular formula is C29H37NO6S2. The van der Waals surface area contributed by atoms with Crippen molar-refractivity contribution in [2.24, 2.45) is 11.7 Å². The number of rotatable bonds is 9. The molecule has 0 aliphatic heterocycles. The minimum atomic E-state index is -3.97. The summed E-state index contributed by atoms with van der Waals surface area (Å²) in [7, 11) is -7.94. The van der Waals surface area contributed by atoms with Crippen molar-refractivity contribution in [2.45, 2.75) is 51.3 Å². The summed E-state index contributed by atoms with van der Waals surface area (Å²) in [5, 5.41) is 0. The number of ketones is 1. The van der Waals surface area contributed by atoms with Crippen LogP contribution in [-0.2, 0) is 19.7 Å². The Morgan fingerprint density at radius 2 is 0.921 bits per heavy atom. The van der Waals surface area contributed by atoms with E-state index in [9.17, 15) is 26.4 Å². The fourth-order valence-electron chi connectivity index (χ4n) is 3.45. The molecule has 0 aliphatic rings. The van der Waals surface area contributed by atoms with E-state index in [0.29, 0.717) is 0 Å². The van der Waals surface area contributed by atoms with E-state index in [4.69, 9.17) is 5.73 Å². The Morgan fingerprint density at radius 3 is 1.24 bits per heavy atom. The molecule has 0 aliphatic carbocycles. The van der Waals surface area contributed by atoms with Gasteiger partial charge in [-0.05, 0) is 50.2 Å². The van der Waals surface area contributed by atoms with Crippen LogP contribution in [0.3, 0.4) is 0 Å². The van der Waals surface area contributed by atoms with Gasteiger partial charge in [-0.25, -0.2) is 16.8 Å². The van der Waals surface area contributed by atoms with E-state index in [2.05, 4.69) is 0 Å². The summed E-state index contributed by atoms with van der Waals surface area (Å²) < 4.78 is 52.4. The number of aryl methyl sites for hydroxylation is 2. The Hall–Kier alpha value is -3.30. The average molecular weight is 560 g/mol. The SMILES string of the molecule is CC.CC.Cc1ccc(S(=O)(=O)CC(CS(=O)(=O)c2ccc(C)cc2)C(=O)c2ccc(C(N)=O)cc2)cc1. The molecule has 0 aromatic heterocycles. The van der Waals surface area contributed by atoms with Crippen LogP contribution < -0.4 is 5.73 Å². The van der Waals surface area contributed by atoms with Gasteiger partial charge in [0.15, 0.2) is 25.5 Å². The maximum absolute atomic E-state index is 13.3. The van der Waals surface area contributed by atoms with E-state index < -0.39 is 48.8 Å². The Labute approximate surface area is 226 Å². The van der Waals surface area contributed by atoms with Crippen molar-refractivity contribution in [1.29, 1.82) is 0 Å². The molecule has 0 bridgehead atoms. The second-order valence-corrected chi connectivity index (χ2v) is 12.3. The molecule has 0 saturated carbocycles. The van der Waals surface area contributed by atoms with E-state index in [1.165, 1.54) is 48.5 Å². The van der Waals surface area contributed by atoms with Gasteiger partial charge < -0.3 is 5.73 Å². The third-order valence-electron chi connectivity index (χ3n) is 5.43. The lowest BCUT2D eigenvalue weighted by Crippen LogP contribution is -2.31. The fraction of sp³-hybridized carbons (Fsp3) is 0.310. The second-order valence-electron chi connectivity index (χ2n) is 8.19. The van der Waals surface area contributed by atoms with Crippen LogP contribution in [0.5, 0.6) is 0 Å². The van der Waals surface area contributed by atoms with Crippen molar-refractivity contribution in [3.63, 3.8) is 0 Å². The predicted octanol–water partition coefficient (Wildman–Crippen LogP) is 5.20. The molecule has 206 valence electrons. The highest BCUT2D eigenvalue weighted by Crippen LogP contribution is 2.23. The number of Topliss-reactive ketones (excluding diaryl/α,β-unsaturated/α-hetero) is 1. The molecule has 38 heavy (non-hydrogen) atoms. The first-order valence-electron chi connectivity index (χ1n) is 12.4. The van der Waals surface area contributed by atoms with Crippen molar-refractivity contribution in [3.8, 4) is 0 Å². The van der Waals surface area contributed by atoms with Crippen LogP contribution in [0.25, 0.3) is 0 Å². The summed E-state index contributed by atoms with van der Waals surface area (Å²) in [6.07, 6.45) is 0. The lowest BCUT2D eigenvalue weighted by atomic mass is 9.99. The number of carbonyl (C=O) groups is 2. The molecule has 0 spiro atoms. The van der Waals surface area contributed by atoms with E-state index in [1.54, 1.807) is 24.3 Å². The molecule has 0 heterocycles. The molecular weight excluding hydrogens is 522 g/mol. The van der Waals surface area contributed by atoms with Gasteiger partial charge in [-0.3, -0.25) is 9.59 Å². The highest BCUT2D eigenvalue weighted by atomic mass is 32.2. The number of amides is 1. The van der Waals surface area contributed by atoms with Crippen LogP contribution in [0.4, 0.5) is 0 Å². The van der Waals surface area contributed by atoms with E-state index >= 15 is 0 Å². The zero-order valence-corrected chi connectivity index (χ0v) is 24.4. The van der Waals surface area contributed by atoms with Gasteiger partial charge in [-0.2, -0.15) is 0 Å². The first kappa shape index (κ1) is 32.7. The van der Waals surface area contributed by atoms with E-state index in [0.717, 1.165) is 11.1 Å². The maximum atomic E-state index is 13.3. The molecule has 2 N–H and O–H groups in total. The molecule has 3 aromatic carbocycles. The Morgan fingerprint density at radius 1 is 0.605 bits per heavy atom. The van der Waals surface area contributed by atoms with Crippen LogP contribution in [0.2, 0.25) is 0 Å². The molecule has 9 heteroatoms. The van der Waals surface area contributed by atoms with Crippen LogP contribution >= 0.6 is 0 Å². The number of hydrogen-bond donors (Lipinski definition) is 1. The zero-order valence-electron chi connectivity index (χ0n) is 22.8. The number of primary amides is 1. The van der Waals surface area contributed by atoms with Crippen molar-refractivity contribution in [3.05, 3.63) is 95.1 Å². The molecule has 0 radical (unpaired) electrons. The summed E-state index contributed by atoms with van der Waals surface area (Å²) in [4.78, 5) is 24.7. The van der Waals surface area contributed by atoms with Gasteiger partial charge in [-0.1, -0.05) is 75.2 Å². The van der Waals surface area contributed by atoms with Gasteiger partial charge in [-0.15, -0.1) is 0 Å². The summed E-state index contributed by atoms with van der Waals surface area (Å²) in [5.74, 6) is -4.06. The van der Waals surface area contributed by atoms with E-state index in [1.807, 2.05) is 41.5 Å². The Kier molecular flexibility index (Phi) is 12.6. The lowest BCUT2D eigenvalue weighted by molar-refractivity contribution is 0.0939. The van der Waals surface area contributed by atoms with Crippen molar-refractivity contribution >= 4 is 31.4 Å². The lowest BCUT2D eigenvalue weighted by Gasteiger charge is -2.17. The first-order chi connectivity index (χ1) is 17.9. The summed E-state index contributed by atoms with van der Waals surface area (Å²) in [6.45, 7) is 11.6. The Balaban J connectivity index is 0.00000172. The molecule has 3 aromatic rings. The first-order valence-corrected chi connectivity index (χ1v) is 15.7. The van der Waals surface area contributed by atoms with Crippen LogP contribution in [0.1, 0.15) is 59.5 Å². The van der Waals surface area contributed by atoms with Gasteiger partial charge in [0, 0.05) is 11.1 Å². The standard InChI is InChI=1S/C25H25NO6S2.2C2H6/c1-17-3-11-22(12-4-17)33(29,30)15-21(16-34(31,32)23-13-5-18(2)6-14-23)24(27)19-7-9-20(10-8-19)25(26)28;2*1-2/h3-14,21H,15-16H2,1-2H3,(H2,26,28);2*1-2H3. The average Bonchev–Trinajstić information content (AvgIpc) is 2.90. The van der Waals surface area contributed by atoms with Gasteiger partial charge in [0.05, 0.1) is 27.2 Å². The van der Waals surface area contributed by atoms with Gasteiger partial charge in [0.25, 0.3) is 0 Å². The molecule has 0 saturated heterocycles. The number of benzene rings is 3. The highest BCUT2D eigenvalue weighted by molar-refractivity contribution is 7.92. The normalized spacial score (nSPS) is 11.0. The number of sulfone groups is 2. The van der Waals surface area contributed by atoms with Crippen LogP contribution in [0, 0.1) is 19.8 Å². The van der Waals surface area contributed by atoms with Crippen molar-refractivity contribution in [2.75, 3.05) is 11.5 Å². The second kappa shape index (κ2) is 14.6.